The maximum atomic E-state index is 11.2. The minimum atomic E-state index is -1.12. The number of rotatable bonds is 4. The molecule has 0 spiro atoms. The maximum Gasteiger partial charge on any atom is 0.354 e. The molecule has 1 aromatic rings. The van der Waals surface area contributed by atoms with E-state index in [0.29, 0.717) is 33.0 Å². The van der Waals surface area contributed by atoms with Crippen molar-refractivity contribution in [3.8, 4) is 23.0 Å². The third-order valence-corrected chi connectivity index (χ3v) is 4.55. The van der Waals surface area contributed by atoms with Crippen LogP contribution in [-0.2, 0) is 9.63 Å². The van der Waals surface area contributed by atoms with Gasteiger partial charge in [-0.1, -0.05) is 12.1 Å². The number of methoxy groups -OCH3 is 2. The van der Waals surface area contributed by atoms with Gasteiger partial charge in [-0.05, 0) is 15.9 Å². The maximum absolute atomic E-state index is 11.2. The summed E-state index contributed by atoms with van der Waals surface area (Å²) < 4.78 is 22.3. The van der Waals surface area contributed by atoms with Crippen LogP contribution in [0.4, 0.5) is 0 Å². The molecule has 9 heteroatoms. The van der Waals surface area contributed by atoms with Gasteiger partial charge in [0.15, 0.2) is 23.3 Å². The van der Waals surface area contributed by atoms with Crippen LogP contribution in [0.1, 0.15) is 18.6 Å². The molecule has 23 heavy (non-hydrogen) atoms. The Hall–Kier alpha value is -2.16. The molecular formula is C14H14BrNO7. The Morgan fingerprint density at radius 2 is 1.91 bits per heavy atom. The third kappa shape index (κ3) is 2.26. The lowest BCUT2D eigenvalue weighted by Crippen LogP contribution is -2.22. The first-order valence-corrected chi connectivity index (χ1v) is 7.50. The second-order valence-electron chi connectivity index (χ2n) is 4.96. The summed E-state index contributed by atoms with van der Waals surface area (Å²) >= 11 is 3.46. The fourth-order valence-electron chi connectivity index (χ4n) is 2.67. The molecule has 8 nitrogen and oxygen atoms in total. The van der Waals surface area contributed by atoms with Crippen molar-refractivity contribution in [3.63, 3.8) is 0 Å². The van der Waals surface area contributed by atoms with Crippen molar-refractivity contribution in [2.45, 2.75) is 13.0 Å². The van der Waals surface area contributed by atoms with Gasteiger partial charge in [0.25, 0.3) is 0 Å². The first-order chi connectivity index (χ1) is 11.0. The van der Waals surface area contributed by atoms with Crippen LogP contribution in [0.3, 0.4) is 0 Å². The predicted molar refractivity (Wildman–Crippen MR) is 81.4 cm³/mol. The highest BCUT2D eigenvalue weighted by Crippen LogP contribution is 2.57. The number of fused-ring (bicyclic) bond motifs is 1. The van der Waals surface area contributed by atoms with Gasteiger partial charge in [-0.25, -0.2) is 4.79 Å². The smallest absolute Gasteiger partial charge is 0.354 e. The van der Waals surface area contributed by atoms with Gasteiger partial charge >= 0.3 is 5.97 Å². The van der Waals surface area contributed by atoms with Crippen molar-refractivity contribution in [3.05, 3.63) is 10.0 Å². The summed E-state index contributed by atoms with van der Waals surface area (Å²) in [5.41, 5.74) is 0.502. The van der Waals surface area contributed by atoms with Gasteiger partial charge in [-0.2, -0.15) is 0 Å². The zero-order valence-corrected chi connectivity index (χ0v) is 14.2. The summed E-state index contributed by atoms with van der Waals surface area (Å²) in [5.74, 6) is 0.00731. The van der Waals surface area contributed by atoms with Gasteiger partial charge in [-0.3, -0.25) is 0 Å². The molecule has 2 aliphatic heterocycles. The van der Waals surface area contributed by atoms with Crippen molar-refractivity contribution < 1.29 is 33.7 Å². The number of carboxylic acid groups (broad SMARTS) is 1. The minimum Gasteiger partial charge on any atom is -0.492 e. The second-order valence-corrected chi connectivity index (χ2v) is 5.75. The number of hydrogen-bond acceptors (Lipinski definition) is 7. The number of ether oxygens (including phenoxy) is 4. The molecule has 0 radical (unpaired) electrons. The third-order valence-electron chi connectivity index (χ3n) is 3.77. The van der Waals surface area contributed by atoms with Gasteiger partial charge < -0.3 is 28.9 Å². The van der Waals surface area contributed by atoms with Crippen molar-refractivity contribution >= 4 is 27.6 Å². The lowest BCUT2D eigenvalue weighted by atomic mass is 9.92. The quantitative estimate of drug-likeness (QED) is 0.846. The fourth-order valence-corrected chi connectivity index (χ4v) is 3.37. The van der Waals surface area contributed by atoms with E-state index in [1.54, 1.807) is 6.92 Å². The molecule has 0 saturated carbocycles. The summed E-state index contributed by atoms with van der Waals surface area (Å²) in [6.07, 6.45) is -0.658. The number of carboxylic acids is 1. The lowest BCUT2D eigenvalue weighted by molar-refractivity contribution is -0.129. The van der Waals surface area contributed by atoms with E-state index < -0.39 is 18.0 Å². The normalized spacial score (nSPS) is 21.7. The second kappa shape index (κ2) is 5.80. The molecule has 0 saturated heterocycles. The molecule has 0 unspecified atom stereocenters. The number of carbonyl (C=O) groups is 1. The average Bonchev–Trinajstić information content (AvgIpc) is 3.14. The number of halogens is 1. The molecule has 0 amide bonds. The number of oxime groups is 1. The minimum absolute atomic E-state index is 0.0505. The van der Waals surface area contributed by atoms with Gasteiger partial charge in [0.2, 0.25) is 18.3 Å². The molecule has 0 aliphatic carbocycles. The Balaban J connectivity index is 2.15. The largest absolute Gasteiger partial charge is 0.492 e. The topological polar surface area (TPSA) is 95.8 Å². The fraction of sp³-hybridized carbons (Fsp3) is 0.429. The Morgan fingerprint density at radius 1 is 1.26 bits per heavy atom. The van der Waals surface area contributed by atoms with Crippen LogP contribution in [-0.4, -0.2) is 37.8 Å². The van der Waals surface area contributed by atoms with Gasteiger partial charge in [0, 0.05) is 0 Å². The van der Waals surface area contributed by atoms with Crippen LogP contribution in [0, 0.1) is 5.92 Å². The first kappa shape index (κ1) is 15.7. The molecule has 2 atom stereocenters. The molecule has 124 valence electrons. The van der Waals surface area contributed by atoms with E-state index in [2.05, 4.69) is 21.1 Å². The Labute approximate surface area is 140 Å². The first-order valence-electron chi connectivity index (χ1n) is 6.71. The van der Waals surface area contributed by atoms with E-state index in [9.17, 15) is 9.90 Å². The number of aliphatic carboxylic acids is 1. The molecule has 1 aromatic carbocycles. The van der Waals surface area contributed by atoms with Gasteiger partial charge in [-0.15, -0.1) is 0 Å². The Morgan fingerprint density at radius 3 is 2.48 bits per heavy atom. The number of benzene rings is 1. The van der Waals surface area contributed by atoms with E-state index in [-0.39, 0.29) is 12.5 Å². The SMILES string of the molecule is COc1c2c(c(Br)c([C@@H]3ON=C(C(=O)O)[C@@H]3C)c1OC)OCO2. The summed E-state index contributed by atoms with van der Waals surface area (Å²) in [6.45, 7) is 1.77. The van der Waals surface area contributed by atoms with Crippen LogP contribution >= 0.6 is 15.9 Å². The predicted octanol–water partition coefficient (Wildman–Crippen LogP) is 2.34. The molecule has 3 rings (SSSR count). The van der Waals surface area contributed by atoms with Crippen LogP contribution in [0.15, 0.2) is 9.63 Å². The molecular weight excluding hydrogens is 374 g/mol. The van der Waals surface area contributed by atoms with E-state index in [1.165, 1.54) is 14.2 Å². The molecule has 0 fully saturated rings. The van der Waals surface area contributed by atoms with Crippen LogP contribution in [0.2, 0.25) is 0 Å². The molecule has 2 heterocycles. The van der Waals surface area contributed by atoms with E-state index in [4.69, 9.17) is 23.8 Å². The zero-order chi connectivity index (χ0) is 16.7. The van der Waals surface area contributed by atoms with E-state index in [1.807, 2.05) is 0 Å². The highest BCUT2D eigenvalue weighted by molar-refractivity contribution is 9.10. The Bertz CT molecular complexity index is 703. The highest BCUT2D eigenvalue weighted by Gasteiger charge is 2.42. The van der Waals surface area contributed by atoms with Crippen LogP contribution in [0.25, 0.3) is 0 Å². The molecule has 1 N–H and O–H groups in total. The zero-order valence-electron chi connectivity index (χ0n) is 12.6. The van der Waals surface area contributed by atoms with E-state index >= 15 is 0 Å². The van der Waals surface area contributed by atoms with E-state index in [0.717, 1.165) is 0 Å². The van der Waals surface area contributed by atoms with Crippen molar-refractivity contribution in [1.29, 1.82) is 0 Å². The van der Waals surface area contributed by atoms with Crippen LogP contribution < -0.4 is 18.9 Å². The average molecular weight is 388 g/mol. The molecule has 0 bridgehead atoms. The van der Waals surface area contributed by atoms with Crippen LogP contribution in [0.5, 0.6) is 23.0 Å². The lowest BCUT2D eigenvalue weighted by Gasteiger charge is -2.21. The van der Waals surface area contributed by atoms with Crippen molar-refractivity contribution in [2.24, 2.45) is 11.1 Å². The summed E-state index contributed by atoms with van der Waals surface area (Å²) in [5, 5.41) is 12.8. The summed E-state index contributed by atoms with van der Waals surface area (Å²) in [4.78, 5) is 16.6. The molecule has 2 aliphatic rings. The van der Waals surface area contributed by atoms with Gasteiger partial charge in [0.05, 0.1) is 30.2 Å². The summed E-state index contributed by atoms with van der Waals surface area (Å²) in [7, 11) is 2.96. The molecule has 0 aromatic heterocycles. The standard InChI is InChI=1S/C14H14BrNO7/c1-5-8(14(17)18)16-23-9(5)6-7(15)11-13(22-4-21-11)12(20-3)10(6)19-2/h5,9H,4H2,1-3H3,(H,17,18)/t5-,9+/m0/s1. The highest BCUT2D eigenvalue weighted by atomic mass is 79.9. The van der Waals surface area contributed by atoms with Crippen molar-refractivity contribution in [1.82, 2.24) is 0 Å². The van der Waals surface area contributed by atoms with Crippen molar-refractivity contribution in [2.75, 3.05) is 21.0 Å². The van der Waals surface area contributed by atoms with Gasteiger partial charge in [0.1, 0.15) is 0 Å². The number of hydrogen-bond donors (Lipinski definition) is 1. The summed E-state index contributed by atoms with van der Waals surface area (Å²) in [6, 6.07) is 0. The Kier molecular flexibility index (Phi) is 3.97. The number of nitrogens with zero attached hydrogens (tertiary/aromatic N) is 1. The monoisotopic (exact) mass is 387 g/mol.